The van der Waals surface area contributed by atoms with Gasteiger partial charge in [-0.05, 0) is 35.8 Å². The maximum atomic E-state index is 13.3. The minimum atomic E-state index is -1.14. The van der Waals surface area contributed by atoms with Crippen LogP contribution in [0.1, 0.15) is 45.2 Å². The van der Waals surface area contributed by atoms with Crippen LogP contribution in [-0.4, -0.2) is 53.0 Å². The van der Waals surface area contributed by atoms with Crippen molar-refractivity contribution >= 4 is 23.7 Å². The van der Waals surface area contributed by atoms with Crippen molar-refractivity contribution in [2.75, 3.05) is 0 Å². The summed E-state index contributed by atoms with van der Waals surface area (Å²) < 4.78 is 0. The highest BCUT2D eigenvalue weighted by Crippen LogP contribution is 2.10. The molecular weight excluding hydrogens is 484 g/mol. The molecule has 4 atom stereocenters. The Balaban J connectivity index is 2.17. The molecule has 0 bridgehead atoms. The van der Waals surface area contributed by atoms with E-state index in [2.05, 4.69) is 16.0 Å². The second kappa shape index (κ2) is 14.9. The minimum absolute atomic E-state index is 0.0409. The SMILES string of the molecule is CC(C)CC(NC(=O)C(Cc1ccccc1)NC(=O)C(NC(=O)C(N)Cc1ccccc1)C(C)C)C(=O)O. The van der Waals surface area contributed by atoms with E-state index in [0.29, 0.717) is 6.42 Å². The van der Waals surface area contributed by atoms with Gasteiger partial charge in [0.05, 0.1) is 6.04 Å². The number of nitrogens with one attached hydrogen (secondary N) is 3. The van der Waals surface area contributed by atoms with Crippen LogP contribution in [0.5, 0.6) is 0 Å². The molecule has 2 rings (SSSR count). The molecule has 0 aliphatic rings. The van der Waals surface area contributed by atoms with Crippen molar-refractivity contribution in [3.63, 3.8) is 0 Å². The molecule has 0 aromatic heterocycles. The van der Waals surface area contributed by atoms with Crippen molar-refractivity contribution in [1.82, 2.24) is 16.0 Å². The van der Waals surface area contributed by atoms with Gasteiger partial charge in [0.1, 0.15) is 18.1 Å². The lowest BCUT2D eigenvalue weighted by molar-refractivity contribution is -0.142. The quantitative estimate of drug-likeness (QED) is 0.255. The molecule has 0 saturated heterocycles. The minimum Gasteiger partial charge on any atom is -0.480 e. The van der Waals surface area contributed by atoms with Gasteiger partial charge in [0.15, 0.2) is 0 Å². The molecule has 4 unspecified atom stereocenters. The Hall–Kier alpha value is -3.72. The van der Waals surface area contributed by atoms with E-state index in [0.717, 1.165) is 11.1 Å². The van der Waals surface area contributed by atoms with E-state index in [9.17, 15) is 24.3 Å². The first kappa shape index (κ1) is 30.5. The molecule has 3 amide bonds. The van der Waals surface area contributed by atoms with E-state index in [1.165, 1.54) is 0 Å². The Bertz CT molecular complexity index is 1060. The van der Waals surface area contributed by atoms with E-state index >= 15 is 0 Å². The highest BCUT2D eigenvalue weighted by Gasteiger charge is 2.32. The van der Waals surface area contributed by atoms with E-state index in [4.69, 9.17) is 5.73 Å². The predicted octanol–water partition coefficient (Wildman–Crippen LogP) is 2.04. The number of carboxylic acid groups (broad SMARTS) is 1. The summed E-state index contributed by atoms with van der Waals surface area (Å²) in [7, 11) is 0. The van der Waals surface area contributed by atoms with E-state index in [1.54, 1.807) is 13.8 Å². The van der Waals surface area contributed by atoms with Crippen LogP contribution >= 0.6 is 0 Å². The number of aliphatic carboxylic acids is 1. The van der Waals surface area contributed by atoms with Crippen LogP contribution in [0.25, 0.3) is 0 Å². The molecule has 0 aliphatic carbocycles. The Labute approximate surface area is 224 Å². The number of carboxylic acids is 1. The van der Waals surface area contributed by atoms with Crippen LogP contribution < -0.4 is 21.7 Å². The molecule has 2 aromatic carbocycles. The maximum absolute atomic E-state index is 13.3. The summed E-state index contributed by atoms with van der Waals surface area (Å²) >= 11 is 0. The number of carbonyl (C=O) groups is 4. The van der Waals surface area contributed by atoms with Crippen LogP contribution in [0.2, 0.25) is 0 Å². The van der Waals surface area contributed by atoms with Crippen LogP contribution in [0.15, 0.2) is 60.7 Å². The van der Waals surface area contributed by atoms with Gasteiger partial charge in [-0.2, -0.15) is 0 Å². The van der Waals surface area contributed by atoms with Gasteiger partial charge >= 0.3 is 5.97 Å². The number of nitrogens with two attached hydrogens (primary N) is 1. The number of amides is 3. The molecule has 0 fully saturated rings. The largest absolute Gasteiger partial charge is 0.480 e. The fourth-order valence-electron chi connectivity index (χ4n) is 4.04. The van der Waals surface area contributed by atoms with E-state index in [-0.39, 0.29) is 24.7 Å². The highest BCUT2D eigenvalue weighted by molar-refractivity contribution is 5.94. The number of benzene rings is 2. The zero-order valence-corrected chi connectivity index (χ0v) is 22.5. The third-order valence-electron chi connectivity index (χ3n) is 6.12. The van der Waals surface area contributed by atoms with Gasteiger partial charge in [-0.25, -0.2) is 4.79 Å². The maximum Gasteiger partial charge on any atom is 0.326 e. The van der Waals surface area contributed by atoms with Gasteiger partial charge in [0.2, 0.25) is 17.7 Å². The Morgan fingerprint density at radius 3 is 1.68 bits per heavy atom. The first-order valence-electron chi connectivity index (χ1n) is 12.9. The van der Waals surface area contributed by atoms with Crippen molar-refractivity contribution in [2.24, 2.45) is 17.6 Å². The van der Waals surface area contributed by atoms with Gasteiger partial charge in [0.25, 0.3) is 0 Å². The lowest BCUT2D eigenvalue weighted by atomic mass is 9.99. The van der Waals surface area contributed by atoms with Crippen molar-refractivity contribution in [1.29, 1.82) is 0 Å². The van der Waals surface area contributed by atoms with Gasteiger partial charge in [0, 0.05) is 6.42 Å². The van der Waals surface area contributed by atoms with E-state index < -0.39 is 47.9 Å². The predicted molar refractivity (Wildman–Crippen MR) is 146 cm³/mol. The lowest BCUT2D eigenvalue weighted by Gasteiger charge is -2.27. The Morgan fingerprint density at radius 1 is 0.711 bits per heavy atom. The number of carbonyl (C=O) groups excluding carboxylic acids is 3. The van der Waals surface area contributed by atoms with Gasteiger partial charge in [-0.3, -0.25) is 14.4 Å². The summed E-state index contributed by atoms with van der Waals surface area (Å²) in [6.45, 7) is 7.29. The first-order valence-corrected chi connectivity index (χ1v) is 12.9. The monoisotopic (exact) mass is 524 g/mol. The molecule has 6 N–H and O–H groups in total. The molecule has 38 heavy (non-hydrogen) atoms. The van der Waals surface area contributed by atoms with Crippen LogP contribution in [0.4, 0.5) is 0 Å². The van der Waals surface area contributed by atoms with Crippen molar-refractivity contribution in [2.45, 2.75) is 71.1 Å². The zero-order valence-electron chi connectivity index (χ0n) is 22.5. The summed E-state index contributed by atoms with van der Waals surface area (Å²) in [6.07, 6.45) is 0.709. The number of hydrogen-bond donors (Lipinski definition) is 5. The molecule has 0 radical (unpaired) electrons. The smallest absolute Gasteiger partial charge is 0.326 e. The normalized spacial score (nSPS) is 14.3. The molecule has 0 spiro atoms. The van der Waals surface area contributed by atoms with Crippen molar-refractivity contribution < 1.29 is 24.3 Å². The molecule has 0 saturated carbocycles. The lowest BCUT2D eigenvalue weighted by Crippen LogP contribution is -2.59. The average molecular weight is 525 g/mol. The van der Waals surface area contributed by atoms with Crippen molar-refractivity contribution in [3.05, 3.63) is 71.8 Å². The number of hydrogen-bond acceptors (Lipinski definition) is 5. The second-order valence-corrected chi connectivity index (χ2v) is 10.3. The first-order chi connectivity index (χ1) is 18.0. The fraction of sp³-hybridized carbons (Fsp3) is 0.448. The standard InChI is InChI=1S/C29H40N4O5/c1-18(2)15-24(29(37)38)32-27(35)23(17-21-13-9-6-10-14-21)31-28(36)25(19(3)4)33-26(34)22(30)16-20-11-7-5-8-12-20/h5-14,18-19,22-25H,15-17,30H2,1-4H3,(H,31,36)(H,32,35)(H,33,34)(H,37,38). The molecule has 2 aromatic rings. The molecule has 9 heteroatoms. The zero-order chi connectivity index (χ0) is 28.2. The van der Waals surface area contributed by atoms with Crippen LogP contribution in [-0.2, 0) is 32.0 Å². The summed E-state index contributed by atoms with van der Waals surface area (Å²) in [5.74, 6) is -3.03. The Morgan fingerprint density at radius 2 is 1.21 bits per heavy atom. The van der Waals surface area contributed by atoms with Crippen molar-refractivity contribution in [3.8, 4) is 0 Å². The fourth-order valence-corrected chi connectivity index (χ4v) is 4.04. The summed E-state index contributed by atoms with van der Waals surface area (Å²) in [6, 6.07) is 14.5. The van der Waals surface area contributed by atoms with Gasteiger partial charge in [-0.15, -0.1) is 0 Å². The molecular formula is C29H40N4O5. The molecule has 206 valence electrons. The topological polar surface area (TPSA) is 151 Å². The van der Waals surface area contributed by atoms with Gasteiger partial charge < -0.3 is 26.8 Å². The summed E-state index contributed by atoms with van der Waals surface area (Å²) in [5, 5.41) is 17.6. The average Bonchev–Trinajstić information content (AvgIpc) is 2.86. The third kappa shape index (κ3) is 9.97. The molecule has 0 aliphatic heterocycles. The number of rotatable bonds is 14. The van der Waals surface area contributed by atoms with Gasteiger partial charge in [-0.1, -0.05) is 88.4 Å². The summed E-state index contributed by atoms with van der Waals surface area (Å²) in [4.78, 5) is 51.1. The third-order valence-corrected chi connectivity index (χ3v) is 6.12. The molecule has 0 heterocycles. The Kier molecular flexibility index (Phi) is 11.9. The highest BCUT2D eigenvalue weighted by atomic mass is 16.4. The molecule has 9 nitrogen and oxygen atoms in total. The van der Waals surface area contributed by atoms with Crippen LogP contribution in [0, 0.1) is 11.8 Å². The second-order valence-electron chi connectivity index (χ2n) is 10.3. The van der Waals surface area contributed by atoms with Crippen LogP contribution in [0.3, 0.4) is 0 Å². The van der Waals surface area contributed by atoms with E-state index in [1.807, 2.05) is 74.5 Å². The summed E-state index contributed by atoms with van der Waals surface area (Å²) in [5.41, 5.74) is 7.80.